The van der Waals surface area contributed by atoms with Crippen molar-refractivity contribution >= 4 is 33.6 Å². The molecule has 0 radical (unpaired) electrons. The average Bonchev–Trinajstić information content (AvgIpc) is 3.07. The fraction of sp³-hybridized carbons (Fsp3) is 0.0370. The Morgan fingerprint density at radius 1 is 0.625 bits per heavy atom. The average molecular weight is 415 g/mol. The van der Waals surface area contributed by atoms with Gasteiger partial charge < -0.3 is 0 Å². The second kappa shape index (κ2) is 6.82. The van der Waals surface area contributed by atoms with Crippen LogP contribution in [0.15, 0.2) is 85.2 Å². The Bertz CT molecular complexity index is 1590. The number of rotatable bonds is 2. The Balaban J connectivity index is 1.53. The summed E-state index contributed by atoms with van der Waals surface area (Å²) in [7, 11) is 1.51. The summed E-state index contributed by atoms with van der Waals surface area (Å²) in [6, 6.07) is 23.8. The van der Waals surface area contributed by atoms with E-state index in [-0.39, 0.29) is 11.8 Å². The Morgan fingerprint density at radius 3 is 2.22 bits per heavy atom. The molecule has 6 rings (SSSR count). The van der Waals surface area contributed by atoms with Crippen molar-refractivity contribution in [2.75, 3.05) is 7.05 Å². The standard InChI is InChI=1S/C27H17N3O2/c1-30-26(31)21-10-9-17(14-23(21)27(30)32)16-5-2-6-18(13-16)22-15-19-7-3-11-28-24(19)25-20(22)8-4-12-29-25/h2-15H,1H3. The molecule has 0 saturated carbocycles. The van der Waals surface area contributed by atoms with Gasteiger partial charge in [0.15, 0.2) is 0 Å². The maximum atomic E-state index is 12.4. The molecule has 0 saturated heterocycles. The van der Waals surface area contributed by atoms with Crippen molar-refractivity contribution in [2.45, 2.75) is 0 Å². The van der Waals surface area contributed by atoms with Crippen LogP contribution in [-0.2, 0) is 0 Å². The van der Waals surface area contributed by atoms with Crippen molar-refractivity contribution in [3.63, 3.8) is 0 Å². The van der Waals surface area contributed by atoms with Crippen LogP contribution in [0.5, 0.6) is 0 Å². The minimum Gasteiger partial charge on any atom is -0.277 e. The number of fused-ring (bicyclic) bond motifs is 4. The maximum absolute atomic E-state index is 12.4. The van der Waals surface area contributed by atoms with Gasteiger partial charge in [0.1, 0.15) is 0 Å². The number of hydrogen-bond acceptors (Lipinski definition) is 4. The summed E-state index contributed by atoms with van der Waals surface area (Å²) in [6.45, 7) is 0. The molecule has 1 aliphatic heterocycles. The highest BCUT2D eigenvalue weighted by atomic mass is 16.2. The maximum Gasteiger partial charge on any atom is 0.261 e. The summed E-state index contributed by atoms with van der Waals surface area (Å²) in [5.74, 6) is -0.517. The zero-order valence-corrected chi connectivity index (χ0v) is 17.2. The molecule has 0 bridgehead atoms. The first kappa shape index (κ1) is 18.4. The molecule has 1 aliphatic rings. The van der Waals surface area contributed by atoms with Crippen LogP contribution in [0.1, 0.15) is 20.7 Å². The van der Waals surface area contributed by atoms with Gasteiger partial charge in [-0.2, -0.15) is 0 Å². The topological polar surface area (TPSA) is 63.2 Å². The second-order valence-electron chi connectivity index (χ2n) is 7.91. The molecule has 3 heterocycles. The van der Waals surface area contributed by atoms with Crippen LogP contribution >= 0.6 is 0 Å². The van der Waals surface area contributed by atoms with Crippen LogP contribution < -0.4 is 0 Å². The van der Waals surface area contributed by atoms with Crippen LogP contribution in [0, 0.1) is 0 Å². The molecule has 0 unspecified atom stereocenters. The number of amides is 2. The Kier molecular flexibility index (Phi) is 3.92. The molecule has 5 nitrogen and oxygen atoms in total. The van der Waals surface area contributed by atoms with Gasteiger partial charge in [0.2, 0.25) is 0 Å². The number of hydrogen-bond donors (Lipinski definition) is 0. The van der Waals surface area contributed by atoms with Crippen LogP contribution in [-0.4, -0.2) is 33.7 Å². The molecule has 0 atom stereocenters. The van der Waals surface area contributed by atoms with E-state index in [1.165, 1.54) is 7.05 Å². The number of nitrogens with zero attached hydrogens (tertiary/aromatic N) is 3. The van der Waals surface area contributed by atoms with Gasteiger partial charge in [-0.15, -0.1) is 0 Å². The quantitative estimate of drug-likeness (QED) is 0.288. The van der Waals surface area contributed by atoms with E-state index in [1.807, 2.05) is 42.5 Å². The minimum atomic E-state index is -0.262. The third-order valence-electron chi connectivity index (χ3n) is 6.06. The van der Waals surface area contributed by atoms with Gasteiger partial charge in [-0.05, 0) is 58.7 Å². The largest absolute Gasteiger partial charge is 0.277 e. The summed E-state index contributed by atoms with van der Waals surface area (Å²) in [5, 5.41) is 2.07. The lowest BCUT2D eigenvalue weighted by Crippen LogP contribution is -2.24. The fourth-order valence-electron chi connectivity index (χ4n) is 4.42. The number of pyridine rings is 2. The zero-order valence-electron chi connectivity index (χ0n) is 17.2. The molecule has 2 aromatic heterocycles. The highest BCUT2D eigenvalue weighted by Gasteiger charge is 2.32. The molecule has 0 fully saturated rings. The van der Waals surface area contributed by atoms with Gasteiger partial charge in [0.25, 0.3) is 11.8 Å². The smallest absolute Gasteiger partial charge is 0.261 e. The fourth-order valence-corrected chi connectivity index (χ4v) is 4.42. The molecule has 3 aromatic carbocycles. The van der Waals surface area contributed by atoms with Crippen molar-refractivity contribution in [2.24, 2.45) is 0 Å². The summed E-state index contributed by atoms with van der Waals surface area (Å²) in [5.41, 5.74) is 6.65. The summed E-state index contributed by atoms with van der Waals surface area (Å²) in [4.78, 5) is 35.0. The molecule has 5 aromatic rings. The van der Waals surface area contributed by atoms with E-state index in [9.17, 15) is 9.59 Å². The summed E-state index contributed by atoms with van der Waals surface area (Å²) < 4.78 is 0. The van der Waals surface area contributed by atoms with Gasteiger partial charge in [0.05, 0.1) is 22.2 Å². The third-order valence-corrected chi connectivity index (χ3v) is 6.06. The molecule has 2 amide bonds. The van der Waals surface area contributed by atoms with Gasteiger partial charge in [-0.1, -0.05) is 36.4 Å². The van der Waals surface area contributed by atoms with Crippen molar-refractivity contribution in [1.29, 1.82) is 0 Å². The minimum absolute atomic E-state index is 0.256. The van der Waals surface area contributed by atoms with E-state index in [0.29, 0.717) is 11.1 Å². The molecule has 0 N–H and O–H groups in total. The van der Waals surface area contributed by atoms with Crippen LogP contribution in [0.4, 0.5) is 0 Å². The van der Waals surface area contributed by atoms with Crippen LogP contribution in [0.25, 0.3) is 44.1 Å². The zero-order chi connectivity index (χ0) is 21.8. The number of carbonyl (C=O) groups excluding carboxylic acids is 2. The Labute approximate surface area is 184 Å². The predicted octanol–water partition coefficient (Wildman–Crippen LogP) is 5.34. The first-order chi connectivity index (χ1) is 15.6. The molecule has 5 heteroatoms. The number of imide groups is 1. The van der Waals surface area contributed by atoms with Crippen molar-refractivity contribution in [1.82, 2.24) is 14.9 Å². The SMILES string of the molecule is CN1C(=O)c2ccc(-c3cccc(-c4cc5cccnc5c5ncccc45)c3)cc2C1=O. The first-order valence-electron chi connectivity index (χ1n) is 10.3. The van der Waals surface area contributed by atoms with E-state index < -0.39 is 0 Å². The lowest BCUT2D eigenvalue weighted by molar-refractivity contribution is 0.0693. The predicted molar refractivity (Wildman–Crippen MR) is 124 cm³/mol. The highest BCUT2D eigenvalue weighted by molar-refractivity contribution is 6.21. The number of benzene rings is 3. The first-order valence-corrected chi connectivity index (χ1v) is 10.3. The molecule has 0 aliphatic carbocycles. The number of aromatic nitrogens is 2. The molecule has 32 heavy (non-hydrogen) atoms. The van der Waals surface area contributed by atoms with Gasteiger partial charge in [-0.3, -0.25) is 24.5 Å². The van der Waals surface area contributed by atoms with Gasteiger partial charge >= 0.3 is 0 Å². The molecule has 0 spiro atoms. The van der Waals surface area contributed by atoms with Crippen LogP contribution in [0.2, 0.25) is 0 Å². The summed E-state index contributed by atoms with van der Waals surface area (Å²) >= 11 is 0. The monoisotopic (exact) mass is 415 g/mol. The van der Waals surface area contributed by atoms with E-state index in [0.717, 1.165) is 49.0 Å². The number of carbonyl (C=O) groups is 2. The van der Waals surface area contributed by atoms with E-state index in [4.69, 9.17) is 0 Å². The van der Waals surface area contributed by atoms with E-state index >= 15 is 0 Å². The highest BCUT2D eigenvalue weighted by Crippen LogP contribution is 2.35. The van der Waals surface area contributed by atoms with Gasteiger partial charge in [0, 0.05) is 30.2 Å². The lowest BCUT2D eigenvalue weighted by atomic mass is 9.94. The van der Waals surface area contributed by atoms with Gasteiger partial charge in [-0.25, -0.2) is 0 Å². The van der Waals surface area contributed by atoms with Crippen LogP contribution in [0.3, 0.4) is 0 Å². The third kappa shape index (κ3) is 2.65. The van der Waals surface area contributed by atoms with Crippen molar-refractivity contribution in [3.05, 3.63) is 96.3 Å². The van der Waals surface area contributed by atoms with E-state index in [1.54, 1.807) is 18.5 Å². The molecular weight excluding hydrogens is 398 g/mol. The Hall–Kier alpha value is -4.38. The normalized spacial score (nSPS) is 13.2. The Morgan fingerprint density at radius 2 is 1.34 bits per heavy atom. The van der Waals surface area contributed by atoms with Crippen molar-refractivity contribution < 1.29 is 9.59 Å². The van der Waals surface area contributed by atoms with E-state index in [2.05, 4.69) is 34.2 Å². The van der Waals surface area contributed by atoms with Crippen molar-refractivity contribution in [3.8, 4) is 22.3 Å². The second-order valence-corrected chi connectivity index (χ2v) is 7.91. The molecule has 152 valence electrons. The molecular formula is C27H17N3O2. The summed E-state index contributed by atoms with van der Waals surface area (Å²) in [6.07, 6.45) is 3.57. The lowest BCUT2D eigenvalue weighted by Gasteiger charge is -2.11.